The lowest BCUT2D eigenvalue weighted by Crippen LogP contribution is -2.53. The number of carbonyl (C=O) groups is 1. The summed E-state index contributed by atoms with van der Waals surface area (Å²) in [5.74, 6) is -0.596. The summed E-state index contributed by atoms with van der Waals surface area (Å²) in [6.45, 7) is 4.04. The van der Waals surface area contributed by atoms with Crippen LogP contribution in [0.2, 0.25) is 0 Å². The van der Waals surface area contributed by atoms with Gasteiger partial charge in [-0.05, 0) is 51.4 Å². The third-order valence-corrected chi connectivity index (χ3v) is 11.4. The van der Waals surface area contributed by atoms with Crippen molar-refractivity contribution in [3.63, 3.8) is 0 Å². The van der Waals surface area contributed by atoms with Gasteiger partial charge >= 0.3 is 0 Å². The quantitative estimate of drug-likeness (QED) is 0.0313. The fourth-order valence-electron chi connectivity index (χ4n) is 7.54. The number of hydrogen-bond acceptors (Lipinski definition) is 5. The minimum atomic E-state index is -1.29. The van der Waals surface area contributed by atoms with Gasteiger partial charge in [0.15, 0.2) is 0 Å². The van der Waals surface area contributed by atoms with Gasteiger partial charge in [-0.1, -0.05) is 224 Å². The fraction of sp³-hybridized carbons (Fsp3) is 0.898. The number of aliphatic hydroxyl groups excluding tert-OH is 4. The van der Waals surface area contributed by atoms with E-state index in [4.69, 9.17) is 0 Å². The Balaban J connectivity index is 3.71. The molecule has 5 N–H and O–H groups in total. The Morgan fingerprint density at radius 3 is 1.15 bits per heavy atom. The maximum atomic E-state index is 12.5. The van der Waals surface area contributed by atoms with Crippen molar-refractivity contribution in [1.29, 1.82) is 0 Å². The normalized spacial score (nSPS) is 14.2. The third-order valence-electron chi connectivity index (χ3n) is 11.4. The van der Waals surface area contributed by atoms with Crippen molar-refractivity contribution in [2.24, 2.45) is 0 Å². The number of nitrogens with one attached hydrogen (secondary N) is 1. The molecule has 326 valence electrons. The summed E-state index contributed by atoms with van der Waals surface area (Å²) in [5, 5.41) is 43.7. The lowest BCUT2D eigenvalue weighted by molar-refractivity contribution is -0.132. The molecule has 0 aliphatic carbocycles. The van der Waals surface area contributed by atoms with Crippen LogP contribution in [0.5, 0.6) is 0 Å². The molecular formula is C49H95NO5. The fourth-order valence-corrected chi connectivity index (χ4v) is 7.54. The second-order valence-corrected chi connectivity index (χ2v) is 16.8. The highest BCUT2D eigenvalue weighted by Gasteiger charge is 2.28. The van der Waals surface area contributed by atoms with E-state index in [9.17, 15) is 25.2 Å². The van der Waals surface area contributed by atoms with Crippen LogP contribution in [0.15, 0.2) is 24.3 Å². The average Bonchev–Trinajstić information content (AvgIpc) is 3.19. The maximum Gasteiger partial charge on any atom is 0.249 e. The molecule has 6 heteroatoms. The number of rotatable bonds is 44. The summed E-state index contributed by atoms with van der Waals surface area (Å²) in [6, 6.07) is -1.00. The molecular weight excluding hydrogens is 683 g/mol. The molecule has 0 saturated heterocycles. The van der Waals surface area contributed by atoms with Crippen molar-refractivity contribution in [2.45, 2.75) is 276 Å². The molecule has 0 aromatic carbocycles. The van der Waals surface area contributed by atoms with Gasteiger partial charge in [0.25, 0.3) is 0 Å². The Labute approximate surface area is 342 Å². The summed E-state index contributed by atoms with van der Waals surface area (Å²) in [4.78, 5) is 12.5. The zero-order valence-corrected chi connectivity index (χ0v) is 36.7. The number of carbonyl (C=O) groups excluding carboxylic acids is 1. The topological polar surface area (TPSA) is 110 Å². The van der Waals surface area contributed by atoms with Crippen LogP contribution < -0.4 is 5.32 Å². The maximum absolute atomic E-state index is 12.5. The van der Waals surface area contributed by atoms with Gasteiger partial charge < -0.3 is 25.7 Å². The molecule has 0 saturated carbocycles. The van der Waals surface area contributed by atoms with Crippen molar-refractivity contribution in [1.82, 2.24) is 5.32 Å². The number of allylic oxidation sites excluding steroid dienone is 4. The first-order chi connectivity index (χ1) is 27.0. The molecule has 4 unspecified atom stereocenters. The predicted octanol–water partition coefficient (Wildman–Crippen LogP) is 13.1. The SMILES string of the molecule is CCCCCCCCCCCCCCCCCCC/C=C/CC/C=C/CCCC(O)C(O)C(CO)NC(=O)C(O)CCCCCCCCCCCCCCC. The van der Waals surface area contributed by atoms with E-state index >= 15 is 0 Å². The Bertz CT molecular complexity index is 832. The van der Waals surface area contributed by atoms with Crippen LogP contribution in [0.4, 0.5) is 0 Å². The van der Waals surface area contributed by atoms with E-state index in [0.717, 1.165) is 38.5 Å². The summed E-state index contributed by atoms with van der Waals surface area (Å²) < 4.78 is 0. The number of hydrogen-bond donors (Lipinski definition) is 5. The van der Waals surface area contributed by atoms with Crippen LogP contribution >= 0.6 is 0 Å². The van der Waals surface area contributed by atoms with Crippen LogP contribution in [0.3, 0.4) is 0 Å². The van der Waals surface area contributed by atoms with Gasteiger partial charge in [0.1, 0.15) is 12.2 Å². The first-order valence-electron chi connectivity index (χ1n) is 24.2. The number of amides is 1. The number of aliphatic hydroxyl groups is 4. The molecule has 0 aromatic heterocycles. The first-order valence-corrected chi connectivity index (χ1v) is 24.2. The van der Waals surface area contributed by atoms with Crippen LogP contribution in [-0.2, 0) is 4.79 Å². The highest BCUT2D eigenvalue weighted by molar-refractivity contribution is 5.80. The average molecular weight is 778 g/mol. The Hall–Kier alpha value is -1.21. The molecule has 0 bridgehead atoms. The molecule has 0 rings (SSSR count). The molecule has 0 radical (unpaired) electrons. The molecule has 0 heterocycles. The standard InChI is InChI=1S/C49H95NO5/c1-3-5-7-9-11-13-15-17-18-19-20-21-22-23-24-25-26-27-28-29-31-32-34-36-38-40-42-46(52)48(54)45(44-51)50-49(55)47(53)43-41-39-37-35-33-30-16-14-12-10-8-6-4-2/h28-29,34,36,45-48,51-54H,3-27,30-33,35,37-44H2,1-2H3,(H,50,55)/b29-28+,36-34+. The van der Waals surface area contributed by atoms with Crippen molar-refractivity contribution < 1.29 is 25.2 Å². The van der Waals surface area contributed by atoms with Crippen LogP contribution in [0.25, 0.3) is 0 Å². The van der Waals surface area contributed by atoms with E-state index in [2.05, 4.69) is 43.5 Å². The van der Waals surface area contributed by atoms with Crippen molar-refractivity contribution in [3.8, 4) is 0 Å². The molecule has 1 amide bonds. The predicted molar refractivity (Wildman–Crippen MR) is 237 cm³/mol. The smallest absolute Gasteiger partial charge is 0.249 e. The summed E-state index contributed by atoms with van der Waals surface area (Å²) in [6.07, 6.45) is 50.9. The van der Waals surface area contributed by atoms with E-state index in [-0.39, 0.29) is 0 Å². The second-order valence-electron chi connectivity index (χ2n) is 16.8. The largest absolute Gasteiger partial charge is 0.394 e. The van der Waals surface area contributed by atoms with Crippen molar-refractivity contribution in [2.75, 3.05) is 6.61 Å². The molecule has 55 heavy (non-hydrogen) atoms. The summed E-state index contributed by atoms with van der Waals surface area (Å²) in [7, 11) is 0. The van der Waals surface area contributed by atoms with E-state index in [1.807, 2.05) is 0 Å². The van der Waals surface area contributed by atoms with Crippen molar-refractivity contribution >= 4 is 5.91 Å². The second kappa shape index (κ2) is 43.9. The van der Waals surface area contributed by atoms with Crippen LogP contribution in [0.1, 0.15) is 251 Å². The van der Waals surface area contributed by atoms with Gasteiger partial charge in [0, 0.05) is 0 Å². The van der Waals surface area contributed by atoms with Crippen LogP contribution in [0, 0.1) is 0 Å². The Morgan fingerprint density at radius 2 is 0.764 bits per heavy atom. The van der Waals surface area contributed by atoms with E-state index < -0.39 is 36.9 Å². The molecule has 6 nitrogen and oxygen atoms in total. The molecule has 0 spiro atoms. The highest BCUT2D eigenvalue weighted by atomic mass is 16.3. The molecule has 4 atom stereocenters. The summed E-state index contributed by atoms with van der Waals surface area (Å²) in [5.41, 5.74) is 0. The van der Waals surface area contributed by atoms with Gasteiger partial charge in [-0.3, -0.25) is 4.79 Å². The van der Waals surface area contributed by atoms with Crippen LogP contribution in [-0.4, -0.2) is 57.3 Å². The van der Waals surface area contributed by atoms with E-state index in [1.165, 1.54) is 180 Å². The molecule has 0 aliphatic heterocycles. The van der Waals surface area contributed by atoms with Gasteiger partial charge in [0.2, 0.25) is 5.91 Å². The molecule has 0 aromatic rings. The molecule has 0 fully saturated rings. The first kappa shape index (κ1) is 53.8. The third kappa shape index (κ3) is 38.1. The lowest BCUT2D eigenvalue weighted by Gasteiger charge is -2.27. The highest BCUT2D eigenvalue weighted by Crippen LogP contribution is 2.16. The minimum absolute atomic E-state index is 0.363. The van der Waals surface area contributed by atoms with E-state index in [0.29, 0.717) is 19.3 Å². The molecule has 0 aliphatic rings. The van der Waals surface area contributed by atoms with Gasteiger partial charge in [-0.15, -0.1) is 0 Å². The zero-order valence-electron chi connectivity index (χ0n) is 36.7. The Kier molecular flexibility index (Phi) is 42.9. The van der Waals surface area contributed by atoms with Gasteiger partial charge in [-0.2, -0.15) is 0 Å². The lowest BCUT2D eigenvalue weighted by atomic mass is 10.00. The number of unbranched alkanes of at least 4 members (excludes halogenated alkanes) is 31. The van der Waals surface area contributed by atoms with Gasteiger partial charge in [-0.25, -0.2) is 0 Å². The Morgan fingerprint density at radius 1 is 0.436 bits per heavy atom. The van der Waals surface area contributed by atoms with Gasteiger partial charge in [0.05, 0.1) is 18.8 Å². The zero-order chi connectivity index (χ0) is 40.3. The summed E-state index contributed by atoms with van der Waals surface area (Å²) >= 11 is 0. The van der Waals surface area contributed by atoms with Crippen molar-refractivity contribution in [3.05, 3.63) is 24.3 Å². The minimum Gasteiger partial charge on any atom is -0.394 e. The monoisotopic (exact) mass is 778 g/mol. The van der Waals surface area contributed by atoms with E-state index in [1.54, 1.807) is 0 Å².